The smallest absolute Gasteiger partial charge is 0.271 e. The molecule has 0 aliphatic rings. The lowest BCUT2D eigenvalue weighted by atomic mass is 10.1. The van der Waals surface area contributed by atoms with Gasteiger partial charge >= 0.3 is 0 Å². The zero-order valence-electron chi connectivity index (χ0n) is 15.9. The van der Waals surface area contributed by atoms with E-state index in [2.05, 4.69) is 5.32 Å². The summed E-state index contributed by atoms with van der Waals surface area (Å²) in [6, 6.07) is 9.62. The van der Waals surface area contributed by atoms with Crippen molar-refractivity contribution in [3.05, 3.63) is 57.1 Å². The van der Waals surface area contributed by atoms with Crippen LogP contribution in [0.25, 0.3) is 0 Å². The first-order chi connectivity index (χ1) is 13.3. The molecule has 2 aromatic rings. The van der Waals surface area contributed by atoms with Gasteiger partial charge in [-0.15, -0.1) is 0 Å². The van der Waals surface area contributed by atoms with Crippen molar-refractivity contribution in [3.8, 4) is 11.5 Å². The number of hydrogen-bond acceptors (Lipinski definition) is 6. The summed E-state index contributed by atoms with van der Waals surface area (Å²) < 4.78 is 10.5. The second kappa shape index (κ2) is 9.91. The van der Waals surface area contributed by atoms with Gasteiger partial charge in [0.2, 0.25) is 5.91 Å². The van der Waals surface area contributed by atoms with Crippen LogP contribution in [-0.2, 0) is 11.2 Å². The molecule has 0 aliphatic heterocycles. The number of anilines is 1. The lowest BCUT2D eigenvalue weighted by molar-refractivity contribution is -0.384. The molecule has 2 rings (SSSR count). The Kier molecular flexibility index (Phi) is 7.60. The molecule has 0 spiro atoms. The zero-order valence-corrected chi connectivity index (χ0v) is 16.7. The average Bonchev–Trinajstić information content (AvgIpc) is 2.67. The van der Waals surface area contributed by atoms with Crippen molar-refractivity contribution < 1.29 is 19.2 Å². The molecule has 0 saturated carbocycles. The van der Waals surface area contributed by atoms with Crippen molar-refractivity contribution in [3.63, 3.8) is 0 Å². The first-order valence-electron chi connectivity index (χ1n) is 8.47. The highest BCUT2D eigenvalue weighted by molar-refractivity contribution is 6.34. The fourth-order valence-corrected chi connectivity index (χ4v) is 2.81. The van der Waals surface area contributed by atoms with Crippen LogP contribution < -0.4 is 14.8 Å². The number of amides is 1. The Morgan fingerprint density at radius 3 is 2.50 bits per heavy atom. The second-order valence-corrected chi connectivity index (χ2v) is 6.55. The molecule has 0 heterocycles. The van der Waals surface area contributed by atoms with E-state index in [4.69, 9.17) is 21.1 Å². The van der Waals surface area contributed by atoms with Gasteiger partial charge in [0.05, 0.1) is 36.4 Å². The number of non-ortho nitro benzene ring substituents is 1. The minimum atomic E-state index is -0.542. The van der Waals surface area contributed by atoms with Gasteiger partial charge < -0.3 is 14.8 Å². The molecule has 2 aromatic carbocycles. The van der Waals surface area contributed by atoms with E-state index >= 15 is 0 Å². The van der Waals surface area contributed by atoms with E-state index in [1.807, 2.05) is 30.1 Å². The van der Waals surface area contributed by atoms with Gasteiger partial charge in [-0.05, 0) is 37.2 Å². The molecule has 1 N–H and O–H groups in total. The van der Waals surface area contributed by atoms with Gasteiger partial charge in [-0.2, -0.15) is 0 Å². The monoisotopic (exact) mass is 407 g/mol. The Morgan fingerprint density at radius 2 is 1.89 bits per heavy atom. The molecule has 1 amide bonds. The topological polar surface area (TPSA) is 93.9 Å². The summed E-state index contributed by atoms with van der Waals surface area (Å²) in [5.74, 6) is 1.07. The number of hydrogen-bond donors (Lipinski definition) is 1. The number of halogens is 1. The quantitative estimate of drug-likeness (QED) is 0.506. The lowest BCUT2D eigenvalue weighted by Crippen LogP contribution is -2.31. The predicted octanol–water partition coefficient (Wildman–Crippen LogP) is 3.38. The van der Waals surface area contributed by atoms with Gasteiger partial charge in [0.1, 0.15) is 0 Å². The zero-order chi connectivity index (χ0) is 20.7. The SMILES string of the molecule is COc1ccc(CCN(C)CC(=O)Nc2ccc([N+](=O)[O-])cc2Cl)cc1OC. The third-order valence-electron chi connectivity index (χ3n) is 4.08. The minimum absolute atomic E-state index is 0.121. The lowest BCUT2D eigenvalue weighted by Gasteiger charge is -2.17. The van der Waals surface area contributed by atoms with Gasteiger partial charge in [-0.3, -0.25) is 19.8 Å². The highest BCUT2D eigenvalue weighted by Crippen LogP contribution is 2.28. The fourth-order valence-electron chi connectivity index (χ4n) is 2.59. The highest BCUT2D eigenvalue weighted by Gasteiger charge is 2.13. The molecular formula is C19H22ClN3O5. The van der Waals surface area contributed by atoms with Gasteiger partial charge in [-0.1, -0.05) is 17.7 Å². The molecule has 0 bridgehead atoms. The molecule has 0 atom stereocenters. The summed E-state index contributed by atoms with van der Waals surface area (Å²) in [4.78, 5) is 24.3. The second-order valence-electron chi connectivity index (χ2n) is 6.15. The summed E-state index contributed by atoms with van der Waals surface area (Å²) in [6.45, 7) is 0.803. The molecule has 0 unspecified atom stereocenters. The normalized spacial score (nSPS) is 10.6. The third kappa shape index (κ3) is 5.83. The number of carbonyl (C=O) groups is 1. The van der Waals surface area contributed by atoms with Crippen molar-refractivity contribution in [1.82, 2.24) is 4.90 Å². The number of rotatable bonds is 9. The number of nitro groups is 1. The maximum atomic E-state index is 12.2. The number of carbonyl (C=O) groups excluding carboxylic acids is 1. The van der Waals surface area contributed by atoms with Crippen LogP contribution in [0.1, 0.15) is 5.56 Å². The molecule has 0 saturated heterocycles. The van der Waals surface area contributed by atoms with Gasteiger partial charge in [0.25, 0.3) is 5.69 Å². The number of methoxy groups -OCH3 is 2. The standard InChI is InChI=1S/C19H22ClN3O5/c1-22(9-8-13-4-7-17(27-2)18(10-13)28-3)12-19(24)21-16-6-5-14(23(25)26)11-15(16)20/h4-7,10-11H,8-9,12H2,1-3H3,(H,21,24). The van der Waals surface area contributed by atoms with E-state index in [9.17, 15) is 14.9 Å². The Hall–Kier alpha value is -2.84. The molecule has 0 aromatic heterocycles. The maximum absolute atomic E-state index is 12.2. The van der Waals surface area contributed by atoms with Crippen molar-refractivity contribution in [2.45, 2.75) is 6.42 Å². The first kappa shape index (κ1) is 21.5. The van der Waals surface area contributed by atoms with Crippen molar-refractivity contribution >= 4 is 28.9 Å². The van der Waals surface area contributed by atoms with Crippen LogP contribution >= 0.6 is 11.6 Å². The third-order valence-corrected chi connectivity index (χ3v) is 4.39. The number of nitrogens with one attached hydrogen (secondary N) is 1. The Balaban J connectivity index is 1.88. The molecule has 9 heteroatoms. The number of nitrogens with zero attached hydrogens (tertiary/aromatic N) is 2. The number of benzene rings is 2. The highest BCUT2D eigenvalue weighted by atomic mass is 35.5. The summed E-state index contributed by atoms with van der Waals surface area (Å²) >= 11 is 5.99. The summed E-state index contributed by atoms with van der Waals surface area (Å²) in [5.41, 5.74) is 1.27. The maximum Gasteiger partial charge on any atom is 0.271 e. The number of nitro benzene ring substituents is 1. The predicted molar refractivity (Wildman–Crippen MR) is 107 cm³/mol. The molecule has 0 fully saturated rings. The fraction of sp³-hybridized carbons (Fsp3) is 0.316. The van der Waals surface area contributed by atoms with E-state index in [0.29, 0.717) is 23.7 Å². The van der Waals surface area contributed by atoms with Crippen LogP contribution in [0.4, 0.5) is 11.4 Å². The average molecular weight is 408 g/mol. The molecule has 0 aliphatic carbocycles. The Labute approximate surface area is 168 Å². The van der Waals surface area contributed by atoms with E-state index in [-0.39, 0.29) is 23.2 Å². The summed E-state index contributed by atoms with van der Waals surface area (Å²) in [7, 11) is 5.00. The molecule has 28 heavy (non-hydrogen) atoms. The van der Waals surface area contributed by atoms with Crippen LogP contribution in [0.15, 0.2) is 36.4 Å². The number of likely N-dealkylation sites (N-methyl/N-ethyl adjacent to an activating group) is 1. The van der Waals surface area contributed by atoms with E-state index < -0.39 is 4.92 Å². The van der Waals surface area contributed by atoms with Gasteiger partial charge in [0.15, 0.2) is 11.5 Å². The van der Waals surface area contributed by atoms with E-state index in [1.165, 1.54) is 18.2 Å². The molecular weight excluding hydrogens is 386 g/mol. The van der Waals surface area contributed by atoms with Crippen LogP contribution in [0.5, 0.6) is 11.5 Å². The Morgan fingerprint density at radius 1 is 1.18 bits per heavy atom. The first-order valence-corrected chi connectivity index (χ1v) is 8.85. The van der Waals surface area contributed by atoms with Crippen molar-refractivity contribution in [1.29, 1.82) is 0 Å². The van der Waals surface area contributed by atoms with Crippen LogP contribution in [0.2, 0.25) is 5.02 Å². The van der Waals surface area contributed by atoms with Crippen molar-refractivity contribution in [2.24, 2.45) is 0 Å². The number of ether oxygens (including phenoxy) is 2. The molecule has 8 nitrogen and oxygen atoms in total. The van der Waals surface area contributed by atoms with E-state index in [0.717, 1.165) is 12.0 Å². The minimum Gasteiger partial charge on any atom is -0.493 e. The van der Waals surface area contributed by atoms with Crippen LogP contribution in [0, 0.1) is 10.1 Å². The molecule has 0 radical (unpaired) electrons. The summed E-state index contributed by atoms with van der Waals surface area (Å²) in [6.07, 6.45) is 0.725. The van der Waals surface area contributed by atoms with Crippen molar-refractivity contribution in [2.75, 3.05) is 39.7 Å². The van der Waals surface area contributed by atoms with E-state index in [1.54, 1.807) is 14.2 Å². The summed E-state index contributed by atoms with van der Waals surface area (Å²) in [5, 5.41) is 13.5. The van der Waals surface area contributed by atoms with Crippen LogP contribution in [-0.4, -0.2) is 50.1 Å². The van der Waals surface area contributed by atoms with Crippen LogP contribution in [0.3, 0.4) is 0 Å². The largest absolute Gasteiger partial charge is 0.493 e. The van der Waals surface area contributed by atoms with Gasteiger partial charge in [0, 0.05) is 18.7 Å². The Bertz CT molecular complexity index is 859. The van der Waals surface area contributed by atoms with Gasteiger partial charge in [-0.25, -0.2) is 0 Å². The molecule has 150 valence electrons.